The largest absolute Gasteiger partial charge is 0.417 e. The number of halogens is 3. The smallest absolute Gasteiger partial charge is 0.295 e. The van der Waals surface area contributed by atoms with Gasteiger partial charge >= 0.3 is 6.18 Å². The van der Waals surface area contributed by atoms with E-state index in [9.17, 15) is 18.0 Å². The van der Waals surface area contributed by atoms with Crippen molar-refractivity contribution in [2.45, 2.75) is 25.4 Å². The number of carbonyl (C=O) groups excluding carboxylic acids is 1. The molecule has 1 aromatic rings. The van der Waals surface area contributed by atoms with E-state index in [0.717, 1.165) is 12.3 Å². The number of carbonyl (C=O) groups is 1. The fourth-order valence-corrected chi connectivity index (χ4v) is 1.90. The van der Waals surface area contributed by atoms with Crippen LogP contribution in [0.1, 0.15) is 30.4 Å². The van der Waals surface area contributed by atoms with E-state index in [-0.39, 0.29) is 11.3 Å². The van der Waals surface area contributed by atoms with E-state index in [4.69, 9.17) is 0 Å². The van der Waals surface area contributed by atoms with Gasteiger partial charge in [-0.15, -0.1) is 0 Å². The molecular formula is C12H10F3NO. The van der Waals surface area contributed by atoms with E-state index in [1.165, 1.54) is 12.3 Å². The Morgan fingerprint density at radius 2 is 2.00 bits per heavy atom. The minimum absolute atomic E-state index is 0.0213. The number of hydrogen-bond acceptors (Lipinski definition) is 2. The highest BCUT2D eigenvalue weighted by molar-refractivity contribution is 5.98. The Labute approximate surface area is 96.2 Å². The van der Waals surface area contributed by atoms with Crippen LogP contribution in [0.2, 0.25) is 0 Å². The zero-order valence-corrected chi connectivity index (χ0v) is 8.92. The van der Waals surface area contributed by atoms with Gasteiger partial charge in [-0.3, -0.25) is 9.78 Å². The van der Waals surface area contributed by atoms with Crippen LogP contribution in [-0.2, 0) is 11.0 Å². The third-order valence-corrected chi connectivity index (χ3v) is 2.68. The highest BCUT2D eigenvalue weighted by Gasteiger charge is 2.34. The molecule has 2 rings (SSSR count). The number of alkyl halides is 3. The average molecular weight is 241 g/mol. The van der Waals surface area contributed by atoms with Gasteiger partial charge in [0.2, 0.25) is 0 Å². The van der Waals surface area contributed by atoms with Gasteiger partial charge in [-0.25, -0.2) is 0 Å². The summed E-state index contributed by atoms with van der Waals surface area (Å²) in [5, 5.41) is 0. The predicted octanol–water partition coefficient (Wildman–Crippen LogP) is 3.24. The van der Waals surface area contributed by atoms with Gasteiger partial charge in [-0.2, -0.15) is 13.2 Å². The molecule has 0 N–H and O–H groups in total. The van der Waals surface area contributed by atoms with Gasteiger partial charge in [-0.1, -0.05) is 0 Å². The lowest BCUT2D eigenvalue weighted by Gasteiger charge is -2.16. The Morgan fingerprint density at radius 1 is 1.24 bits per heavy atom. The Bertz CT molecular complexity index is 477. The van der Waals surface area contributed by atoms with E-state index in [2.05, 4.69) is 4.98 Å². The van der Waals surface area contributed by atoms with Gasteiger partial charge in [-0.05, 0) is 30.6 Å². The molecule has 1 aliphatic rings. The summed E-state index contributed by atoms with van der Waals surface area (Å²) in [7, 11) is 0. The average Bonchev–Trinajstić information content (AvgIpc) is 2.28. The molecule has 0 fully saturated rings. The first-order valence-corrected chi connectivity index (χ1v) is 5.23. The van der Waals surface area contributed by atoms with E-state index in [1.807, 2.05) is 0 Å². The topological polar surface area (TPSA) is 30.0 Å². The summed E-state index contributed by atoms with van der Waals surface area (Å²) in [5.41, 5.74) is -0.275. The van der Waals surface area contributed by atoms with Gasteiger partial charge in [0.15, 0.2) is 5.78 Å². The molecule has 17 heavy (non-hydrogen) atoms. The zero-order valence-electron chi connectivity index (χ0n) is 8.92. The van der Waals surface area contributed by atoms with Crippen LogP contribution in [0.15, 0.2) is 24.5 Å². The summed E-state index contributed by atoms with van der Waals surface area (Å²) in [6.45, 7) is 0. The van der Waals surface area contributed by atoms with E-state index < -0.39 is 11.7 Å². The quantitative estimate of drug-likeness (QED) is 0.755. The Morgan fingerprint density at radius 3 is 2.65 bits per heavy atom. The SMILES string of the molecule is O=C1C=C(c2cnccc2C(F)(F)F)CCC1. The number of rotatable bonds is 1. The Kier molecular flexibility index (Phi) is 3.00. The second kappa shape index (κ2) is 4.31. The Balaban J connectivity index is 2.49. The van der Waals surface area contributed by atoms with Gasteiger partial charge in [0, 0.05) is 24.4 Å². The van der Waals surface area contributed by atoms with Crippen molar-refractivity contribution in [2.24, 2.45) is 0 Å². The number of aromatic nitrogens is 1. The first kappa shape index (κ1) is 11.8. The standard InChI is InChI=1S/C12H10F3NO/c13-12(14,15)11-4-5-16-7-10(11)8-2-1-3-9(17)6-8/h4-7H,1-3H2. The molecule has 90 valence electrons. The van der Waals surface area contributed by atoms with Crippen LogP contribution in [-0.4, -0.2) is 10.8 Å². The Hall–Kier alpha value is -1.65. The highest BCUT2D eigenvalue weighted by Crippen LogP contribution is 2.36. The fraction of sp³-hybridized carbons (Fsp3) is 0.333. The number of nitrogens with zero attached hydrogens (tertiary/aromatic N) is 1. The van der Waals surface area contributed by atoms with Crippen LogP contribution in [0.4, 0.5) is 13.2 Å². The first-order chi connectivity index (χ1) is 7.98. The van der Waals surface area contributed by atoms with Gasteiger partial charge in [0.25, 0.3) is 0 Å². The van der Waals surface area contributed by atoms with Crippen molar-refractivity contribution in [3.8, 4) is 0 Å². The molecular weight excluding hydrogens is 231 g/mol. The molecule has 5 heteroatoms. The molecule has 0 bridgehead atoms. The fourth-order valence-electron chi connectivity index (χ4n) is 1.90. The minimum atomic E-state index is -4.42. The maximum Gasteiger partial charge on any atom is 0.417 e. The monoisotopic (exact) mass is 241 g/mol. The zero-order chi connectivity index (χ0) is 12.5. The minimum Gasteiger partial charge on any atom is -0.295 e. The highest BCUT2D eigenvalue weighted by atomic mass is 19.4. The maximum atomic E-state index is 12.8. The predicted molar refractivity (Wildman–Crippen MR) is 56.1 cm³/mol. The summed E-state index contributed by atoms with van der Waals surface area (Å²) < 4.78 is 38.3. The van der Waals surface area contributed by atoms with Crippen molar-refractivity contribution in [1.82, 2.24) is 4.98 Å². The lowest BCUT2D eigenvalue weighted by molar-refractivity contribution is -0.137. The number of ketones is 1. The second-order valence-electron chi connectivity index (χ2n) is 3.91. The molecule has 1 aromatic heterocycles. The van der Waals surface area contributed by atoms with Crippen LogP contribution in [0.3, 0.4) is 0 Å². The van der Waals surface area contributed by atoms with Crippen molar-refractivity contribution in [3.05, 3.63) is 35.7 Å². The van der Waals surface area contributed by atoms with Crippen molar-refractivity contribution in [1.29, 1.82) is 0 Å². The van der Waals surface area contributed by atoms with E-state index in [0.29, 0.717) is 24.8 Å². The third-order valence-electron chi connectivity index (χ3n) is 2.68. The summed E-state index contributed by atoms with van der Waals surface area (Å²) >= 11 is 0. The van der Waals surface area contributed by atoms with Gasteiger partial charge in [0.1, 0.15) is 0 Å². The number of allylic oxidation sites excluding steroid dienone is 2. The van der Waals surface area contributed by atoms with Crippen molar-refractivity contribution in [3.63, 3.8) is 0 Å². The van der Waals surface area contributed by atoms with E-state index >= 15 is 0 Å². The van der Waals surface area contributed by atoms with E-state index in [1.54, 1.807) is 0 Å². The molecule has 0 aliphatic heterocycles. The van der Waals surface area contributed by atoms with Crippen molar-refractivity contribution in [2.75, 3.05) is 0 Å². The molecule has 0 spiro atoms. The van der Waals surface area contributed by atoms with Crippen LogP contribution in [0.5, 0.6) is 0 Å². The van der Waals surface area contributed by atoms with Crippen molar-refractivity contribution < 1.29 is 18.0 Å². The van der Waals surface area contributed by atoms with Crippen LogP contribution < -0.4 is 0 Å². The van der Waals surface area contributed by atoms with Gasteiger partial charge < -0.3 is 0 Å². The molecule has 0 saturated heterocycles. The molecule has 0 unspecified atom stereocenters. The molecule has 0 radical (unpaired) electrons. The molecule has 2 nitrogen and oxygen atoms in total. The molecule has 1 aliphatic carbocycles. The normalized spacial score (nSPS) is 16.9. The van der Waals surface area contributed by atoms with Crippen LogP contribution >= 0.6 is 0 Å². The lowest BCUT2D eigenvalue weighted by Crippen LogP contribution is -2.11. The van der Waals surface area contributed by atoms with Crippen molar-refractivity contribution >= 4 is 11.4 Å². The molecule has 0 amide bonds. The molecule has 0 saturated carbocycles. The maximum absolute atomic E-state index is 12.8. The first-order valence-electron chi connectivity index (χ1n) is 5.23. The number of hydrogen-bond donors (Lipinski definition) is 0. The lowest BCUT2D eigenvalue weighted by atomic mass is 9.91. The summed E-state index contributed by atoms with van der Waals surface area (Å²) in [5.74, 6) is -0.122. The van der Waals surface area contributed by atoms with Gasteiger partial charge in [0.05, 0.1) is 5.56 Å². The van der Waals surface area contributed by atoms with Crippen LogP contribution in [0.25, 0.3) is 5.57 Å². The second-order valence-corrected chi connectivity index (χ2v) is 3.91. The summed E-state index contributed by atoms with van der Waals surface area (Å²) in [6.07, 6.45) is 0.655. The summed E-state index contributed by atoms with van der Waals surface area (Å²) in [6, 6.07) is 0.940. The molecule has 1 heterocycles. The molecule has 0 aromatic carbocycles. The summed E-state index contributed by atoms with van der Waals surface area (Å²) in [4.78, 5) is 14.9. The van der Waals surface area contributed by atoms with Crippen LogP contribution in [0, 0.1) is 0 Å². The number of pyridine rings is 1. The molecule has 0 atom stereocenters. The third kappa shape index (κ3) is 2.54.